The summed E-state index contributed by atoms with van der Waals surface area (Å²) in [6, 6.07) is 14.0. The Morgan fingerprint density at radius 2 is 1.85 bits per heavy atom. The van der Waals surface area contributed by atoms with E-state index in [1.165, 1.54) is 6.92 Å². The first-order chi connectivity index (χ1) is 12.5. The van der Waals surface area contributed by atoms with Gasteiger partial charge in [-0.1, -0.05) is 17.3 Å². The molecule has 0 aliphatic heterocycles. The minimum Gasteiger partial charge on any atom is -0.497 e. The van der Waals surface area contributed by atoms with Crippen molar-refractivity contribution >= 4 is 17.4 Å². The van der Waals surface area contributed by atoms with Gasteiger partial charge in [0.1, 0.15) is 5.75 Å². The quantitative estimate of drug-likeness (QED) is 0.715. The van der Waals surface area contributed by atoms with Crippen LogP contribution < -0.4 is 10.1 Å². The Morgan fingerprint density at radius 3 is 2.50 bits per heavy atom. The molecule has 0 radical (unpaired) electrons. The summed E-state index contributed by atoms with van der Waals surface area (Å²) in [4.78, 5) is 24.0. The van der Waals surface area contributed by atoms with Crippen LogP contribution in [0.15, 0.2) is 48.5 Å². The van der Waals surface area contributed by atoms with Crippen molar-refractivity contribution in [3.05, 3.63) is 65.5 Å². The molecule has 0 saturated heterocycles. The third-order valence-corrected chi connectivity index (χ3v) is 3.95. The predicted octanol–water partition coefficient (Wildman–Crippen LogP) is 3.04. The molecule has 3 rings (SSSR count). The molecule has 0 aliphatic rings. The van der Waals surface area contributed by atoms with Crippen molar-refractivity contribution in [2.45, 2.75) is 13.8 Å². The summed E-state index contributed by atoms with van der Waals surface area (Å²) in [5.41, 5.74) is 2.65. The van der Waals surface area contributed by atoms with Crippen molar-refractivity contribution in [3.8, 4) is 11.4 Å². The van der Waals surface area contributed by atoms with Crippen LogP contribution >= 0.6 is 0 Å². The number of benzene rings is 2. The summed E-state index contributed by atoms with van der Waals surface area (Å²) in [5, 5.41) is 10.8. The number of ether oxygens (including phenoxy) is 1. The number of hydrogen-bond donors (Lipinski definition) is 1. The average Bonchev–Trinajstić information content (AvgIpc) is 3.03. The van der Waals surface area contributed by atoms with Crippen molar-refractivity contribution in [1.29, 1.82) is 0 Å². The molecule has 132 valence electrons. The molecule has 1 amide bonds. The van der Waals surface area contributed by atoms with Crippen LogP contribution in [0.4, 0.5) is 5.69 Å². The first kappa shape index (κ1) is 17.3. The average molecular weight is 350 g/mol. The lowest BCUT2D eigenvalue weighted by Crippen LogP contribution is -2.14. The highest BCUT2D eigenvalue weighted by molar-refractivity contribution is 6.04. The fourth-order valence-electron chi connectivity index (χ4n) is 2.51. The summed E-state index contributed by atoms with van der Waals surface area (Å²) in [6.45, 7) is 3.25. The van der Waals surface area contributed by atoms with Crippen LogP contribution in [0, 0.1) is 6.92 Å². The van der Waals surface area contributed by atoms with E-state index >= 15 is 0 Å². The lowest BCUT2D eigenvalue weighted by molar-refractivity contribution is 0.100. The molecule has 1 N–H and O–H groups in total. The predicted molar refractivity (Wildman–Crippen MR) is 97.0 cm³/mol. The number of nitrogens with one attached hydrogen (secondary N) is 1. The van der Waals surface area contributed by atoms with Gasteiger partial charge in [-0.2, -0.15) is 0 Å². The van der Waals surface area contributed by atoms with Gasteiger partial charge in [-0.15, -0.1) is 5.10 Å². The second-order valence-electron chi connectivity index (χ2n) is 5.72. The molecule has 0 unspecified atom stereocenters. The van der Waals surface area contributed by atoms with Gasteiger partial charge in [-0.05, 0) is 50.2 Å². The molecule has 0 bridgehead atoms. The van der Waals surface area contributed by atoms with E-state index in [4.69, 9.17) is 4.74 Å². The van der Waals surface area contributed by atoms with E-state index in [0.29, 0.717) is 16.9 Å². The van der Waals surface area contributed by atoms with E-state index in [-0.39, 0.29) is 17.4 Å². The number of ketones is 1. The largest absolute Gasteiger partial charge is 0.497 e. The lowest BCUT2D eigenvalue weighted by Gasteiger charge is -2.06. The maximum absolute atomic E-state index is 12.5. The Balaban J connectivity index is 1.83. The van der Waals surface area contributed by atoms with E-state index in [0.717, 1.165) is 11.4 Å². The molecule has 1 aromatic heterocycles. The number of amides is 1. The highest BCUT2D eigenvalue weighted by atomic mass is 16.5. The second kappa shape index (κ2) is 7.18. The van der Waals surface area contributed by atoms with Crippen molar-refractivity contribution in [3.63, 3.8) is 0 Å². The molecule has 2 aromatic carbocycles. The summed E-state index contributed by atoms with van der Waals surface area (Å²) in [5.74, 6) is 0.278. The highest BCUT2D eigenvalue weighted by Gasteiger charge is 2.18. The van der Waals surface area contributed by atoms with Crippen molar-refractivity contribution < 1.29 is 14.3 Å². The van der Waals surface area contributed by atoms with Gasteiger partial charge in [0.2, 0.25) is 0 Å². The van der Waals surface area contributed by atoms with E-state index in [1.54, 1.807) is 43.0 Å². The summed E-state index contributed by atoms with van der Waals surface area (Å²) < 4.78 is 6.72. The van der Waals surface area contributed by atoms with Gasteiger partial charge in [0.15, 0.2) is 11.5 Å². The molecule has 0 aliphatic carbocycles. The number of methoxy groups -OCH3 is 1. The molecule has 0 fully saturated rings. The van der Waals surface area contributed by atoms with Gasteiger partial charge >= 0.3 is 0 Å². The van der Waals surface area contributed by atoms with Crippen molar-refractivity contribution in [2.75, 3.05) is 12.4 Å². The maximum Gasteiger partial charge on any atom is 0.278 e. The molecular weight excluding hydrogens is 332 g/mol. The lowest BCUT2D eigenvalue weighted by atomic mass is 10.1. The molecule has 26 heavy (non-hydrogen) atoms. The third kappa shape index (κ3) is 3.46. The van der Waals surface area contributed by atoms with E-state index < -0.39 is 0 Å². The SMILES string of the molecule is COc1ccc(-n2nnc(C(=O)Nc3cccc(C(C)=O)c3)c2C)cc1. The zero-order chi connectivity index (χ0) is 18.7. The van der Waals surface area contributed by atoms with Gasteiger partial charge in [-0.3, -0.25) is 9.59 Å². The number of Topliss-reactive ketones (excluding diaryl/α,β-unsaturated/α-hetero) is 1. The van der Waals surface area contributed by atoms with Crippen molar-refractivity contribution in [1.82, 2.24) is 15.0 Å². The molecule has 1 heterocycles. The highest BCUT2D eigenvalue weighted by Crippen LogP contribution is 2.18. The molecular formula is C19H18N4O3. The molecule has 7 nitrogen and oxygen atoms in total. The number of anilines is 1. The van der Waals surface area contributed by atoms with Gasteiger partial charge in [0, 0.05) is 11.3 Å². The van der Waals surface area contributed by atoms with Gasteiger partial charge in [0.05, 0.1) is 18.5 Å². The Hall–Kier alpha value is -3.48. The Kier molecular flexibility index (Phi) is 4.79. The van der Waals surface area contributed by atoms with Crippen LogP contribution in [0.25, 0.3) is 5.69 Å². The minimum atomic E-state index is -0.386. The molecule has 0 spiro atoms. The Labute approximate surface area is 150 Å². The monoisotopic (exact) mass is 350 g/mol. The van der Waals surface area contributed by atoms with Crippen LogP contribution in [0.3, 0.4) is 0 Å². The smallest absolute Gasteiger partial charge is 0.278 e. The zero-order valence-electron chi connectivity index (χ0n) is 14.7. The summed E-state index contributed by atoms with van der Waals surface area (Å²) >= 11 is 0. The van der Waals surface area contributed by atoms with Gasteiger partial charge < -0.3 is 10.1 Å². The number of nitrogens with zero attached hydrogens (tertiary/aromatic N) is 3. The number of aromatic nitrogens is 3. The van der Waals surface area contributed by atoms with Crippen LogP contribution in [0.2, 0.25) is 0 Å². The molecule has 0 saturated carbocycles. The molecule has 3 aromatic rings. The Morgan fingerprint density at radius 1 is 1.12 bits per heavy atom. The van der Waals surface area contributed by atoms with Gasteiger partial charge in [-0.25, -0.2) is 4.68 Å². The second-order valence-corrected chi connectivity index (χ2v) is 5.72. The van der Waals surface area contributed by atoms with Crippen LogP contribution in [-0.2, 0) is 0 Å². The summed E-state index contributed by atoms with van der Waals surface area (Å²) in [7, 11) is 1.60. The van der Waals surface area contributed by atoms with Crippen LogP contribution in [0.1, 0.15) is 33.5 Å². The first-order valence-electron chi connectivity index (χ1n) is 7.98. The topological polar surface area (TPSA) is 86.1 Å². The maximum atomic E-state index is 12.5. The summed E-state index contributed by atoms with van der Waals surface area (Å²) in [6.07, 6.45) is 0. The standard InChI is InChI=1S/C19H18N4O3/c1-12-18(19(25)20-15-6-4-5-14(11-15)13(2)24)21-22-23(12)16-7-9-17(26-3)10-8-16/h4-11H,1-3H3,(H,20,25). The molecule has 0 atom stereocenters. The fourth-order valence-corrected chi connectivity index (χ4v) is 2.51. The fraction of sp³-hybridized carbons (Fsp3) is 0.158. The normalized spacial score (nSPS) is 10.4. The van der Waals surface area contributed by atoms with Gasteiger partial charge in [0.25, 0.3) is 5.91 Å². The van der Waals surface area contributed by atoms with E-state index in [1.807, 2.05) is 24.3 Å². The number of hydrogen-bond acceptors (Lipinski definition) is 5. The number of carbonyl (C=O) groups excluding carboxylic acids is 2. The zero-order valence-corrected chi connectivity index (χ0v) is 14.7. The third-order valence-electron chi connectivity index (χ3n) is 3.95. The number of rotatable bonds is 5. The van der Waals surface area contributed by atoms with Crippen LogP contribution in [-0.4, -0.2) is 33.8 Å². The first-order valence-corrected chi connectivity index (χ1v) is 7.98. The Bertz CT molecular complexity index is 961. The minimum absolute atomic E-state index is 0.0669. The van der Waals surface area contributed by atoms with Crippen LogP contribution in [0.5, 0.6) is 5.75 Å². The van der Waals surface area contributed by atoms with E-state index in [9.17, 15) is 9.59 Å². The van der Waals surface area contributed by atoms with E-state index in [2.05, 4.69) is 15.6 Å². The van der Waals surface area contributed by atoms with Crippen molar-refractivity contribution in [2.24, 2.45) is 0 Å². The number of carbonyl (C=O) groups is 2. The molecule has 7 heteroatoms.